The molecule has 2 aromatic carbocycles. The minimum atomic E-state index is -0.346. The van der Waals surface area contributed by atoms with Crippen LogP contribution in [0, 0.1) is 12.7 Å². The summed E-state index contributed by atoms with van der Waals surface area (Å²) >= 11 is 3.42. The van der Waals surface area contributed by atoms with Crippen LogP contribution in [0.1, 0.15) is 11.1 Å². The first-order valence-electron chi connectivity index (χ1n) is 5.52. The summed E-state index contributed by atoms with van der Waals surface area (Å²) in [5, 5.41) is 0. The predicted molar refractivity (Wildman–Crippen MR) is 73.2 cm³/mol. The highest BCUT2D eigenvalue weighted by Gasteiger charge is 2.04. The average Bonchev–Trinajstić information content (AvgIpc) is 2.33. The Balaban J connectivity index is 2.27. The molecule has 2 rings (SSSR count). The van der Waals surface area contributed by atoms with Gasteiger partial charge in [-0.3, -0.25) is 0 Å². The maximum absolute atomic E-state index is 13.3. The summed E-state index contributed by atoms with van der Waals surface area (Å²) in [6.45, 7) is 2.25. The van der Waals surface area contributed by atoms with E-state index >= 15 is 0 Å². The highest BCUT2D eigenvalue weighted by molar-refractivity contribution is 9.10. The van der Waals surface area contributed by atoms with E-state index < -0.39 is 0 Å². The number of nitrogens with two attached hydrogens (primary N) is 1. The molecule has 18 heavy (non-hydrogen) atoms. The third-order valence-corrected chi connectivity index (χ3v) is 3.42. The Kier molecular flexibility index (Phi) is 3.99. The molecule has 0 saturated heterocycles. The van der Waals surface area contributed by atoms with E-state index in [1.807, 2.05) is 25.1 Å². The smallest absolute Gasteiger partial charge is 0.130 e. The van der Waals surface area contributed by atoms with Gasteiger partial charge in [-0.2, -0.15) is 0 Å². The number of rotatable bonds is 3. The van der Waals surface area contributed by atoms with Gasteiger partial charge in [0.25, 0.3) is 0 Å². The van der Waals surface area contributed by atoms with Gasteiger partial charge in [0.05, 0.1) is 0 Å². The van der Waals surface area contributed by atoms with Crippen molar-refractivity contribution >= 4 is 15.9 Å². The van der Waals surface area contributed by atoms with Crippen molar-refractivity contribution in [2.75, 3.05) is 0 Å². The SMILES string of the molecule is Cc1cc(Oc2cc(F)cc(CN)c2)ccc1Br. The third kappa shape index (κ3) is 3.09. The second-order valence-electron chi connectivity index (χ2n) is 4.01. The number of benzene rings is 2. The molecule has 2 nitrogen and oxygen atoms in total. The van der Waals surface area contributed by atoms with Crippen LogP contribution in [0.15, 0.2) is 40.9 Å². The summed E-state index contributed by atoms with van der Waals surface area (Å²) in [6.07, 6.45) is 0. The minimum Gasteiger partial charge on any atom is -0.457 e. The first-order valence-corrected chi connectivity index (χ1v) is 6.31. The van der Waals surface area contributed by atoms with Gasteiger partial charge in [0.2, 0.25) is 0 Å². The van der Waals surface area contributed by atoms with Crippen LogP contribution in [0.3, 0.4) is 0 Å². The second kappa shape index (κ2) is 5.50. The number of aryl methyl sites for hydroxylation is 1. The maximum atomic E-state index is 13.3. The summed E-state index contributed by atoms with van der Waals surface area (Å²) < 4.78 is 19.9. The zero-order valence-electron chi connectivity index (χ0n) is 9.91. The molecule has 4 heteroatoms. The molecule has 0 unspecified atom stereocenters. The van der Waals surface area contributed by atoms with Gasteiger partial charge in [0, 0.05) is 17.1 Å². The van der Waals surface area contributed by atoms with E-state index in [4.69, 9.17) is 10.5 Å². The molecule has 0 amide bonds. The van der Waals surface area contributed by atoms with E-state index in [-0.39, 0.29) is 12.4 Å². The lowest BCUT2D eigenvalue weighted by Crippen LogP contribution is -1.97. The molecule has 94 valence electrons. The number of hydrogen-bond acceptors (Lipinski definition) is 2. The van der Waals surface area contributed by atoms with Crippen molar-refractivity contribution in [3.8, 4) is 11.5 Å². The largest absolute Gasteiger partial charge is 0.457 e. The van der Waals surface area contributed by atoms with Crippen molar-refractivity contribution in [1.82, 2.24) is 0 Å². The standard InChI is InChI=1S/C14H13BrFNO/c1-9-4-12(2-3-14(9)15)18-13-6-10(8-17)5-11(16)7-13/h2-7H,8,17H2,1H3. The van der Waals surface area contributed by atoms with E-state index in [0.717, 1.165) is 10.0 Å². The second-order valence-corrected chi connectivity index (χ2v) is 4.87. The molecule has 0 aliphatic rings. The van der Waals surface area contributed by atoms with Crippen LogP contribution in [0.25, 0.3) is 0 Å². The van der Waals surface area contributed by atoms with Crippen LogP contribution >= 0.6 is 15.9 Å². The molecule has 0 aromatic heterocycles. The first kappa shape index (κ1) is 13.1. The summed E-state index contributed by atoms with van der Waals surface area (Å²) in [6, 6.07) is 10.1. The van der Waals surface area contributed by atoms with Crippen LogP contribution in [0.2, 0.25) is 0 Å². The first-order chi connectivity index (χ1) is 8.58. The highest BCUT2D eigenvalue weighted by Crippen LogP contribution is 2.27. The molecule has 0 bridgehead atoms. The Morgan fingerprint density at radius 3 is 2.61 bits per heavy atom. The zero-order valence-corrected chi connectivity index (χ0v) is 11.5. The lowest BCUT2D eigenvalue weighted by Gasteiger charge is -2.09. The fourth-order valence-corrected chi connectivity index (χ4v) is 1.86. The number of ether oxygens (including phenoxy) is 1. The molecule has 0 radical (unpaired) electrons. The van der Waals surface area contributed by atoms with Gasteiger partial charge in [-0.15, -0.1) is 0 Å². The molecule has 0 heterocycles. The van der Waals surface area contributed by atoms with E-state index in [1.165, 1.54) is 12.1 Å². The summed E-state index contributed by atoms with van der Waals surface area (Å²) in [4.78, 5) is 0. The van der Waals surface area contributed by atoms with Gasteiger partial charge >= 0.3 is 0 Å². The van der Waals surface area contributed by atoms with E-state index in [0.29, 0.717) is 17.1 Å². The molecule has 0 atom stereocenters. The molecule has 0 fully saturated rings. The molecule has 0 aliphatic heterocycles. The van der Waals surface area contributed by atoms with Crippen molar-refractivity contribution in [3.63, 3.8) is 0 Å². The van der Waals surface area contributed by atoms with Gasteiger partial charge in [-0.05, 0) is 48.4 Å². The van der Waals surface area contributed by atoms with Gasteiger partial charge in [0.1, 0.15) is 17.3 Å². The summed E-state index contributed by atoms with van der Waals surface area (Å²) in [7, 11) is 0. The molecule has 0 spiro atoms. The van der Waals surface area contributed by atoms with Crippen molar-refractivity contribution in [2.45, 2.75) is 13.5 Å². The highest BCUT2D eigenvalue weighted by atomic mass is 79.9. The predicted octanol–water partition coefficient (Wildman–Crippen LogP) is 4.15. The summed E-state index contributed by atoms with van der Waals surface area (Å²) in [5.74, 6) is 0.781. The van der Waals surface area contributed by atoms with Crippen molar-refractivity contribution < 1.29 is 9.13 Å². The molecule has 2 N–H and O–H groups in total. The number of halogens is 2. The van der Waals surface area contributed by atoms with Crippen LogP contribution in [0.5, 0.6) is 11.5 Å². The molecular formula is C14H13BrFNO. The van der Waals surface area contributed by atoms with E-state index in [2.05, 4.69) is 15.9 Å². The van der Waals surface area contributed by atoms with Crippen molar-refractivity contribution in [1.29, 1.82) is 0 Å². The Bertz CT molecular complexity index is 572. The van der Waals surface area contributed by atoms with Crippen LogP contribution in [0.4, 0.5) is 4.39 Å². The maximum Gasteiger partial charge on any atom is 0.130 e. The lowest BCUT2D eigenvalue weighted by molar-refractivity contribution is 0.475. The van der Waals surface area contributed by atoms with Gasteiger partial charge in [-0.1, -0.05) is 15.9 Å². The average molecular weight is 310 g/mol. The number of hydrogen-bond donors (Lipinski definition) is 1. The fourth-order valence-electron chi connectivity index (χ4n) is 1.61. The molecule has 2 aromatic rings. The Hall–Kier alpha value is -1.39. The fraction of sp³-hybridized carbons (Fsp3) is 0.143. The quantitative estimate of drug-likeness (QED) is 0.924. The Morgan fingerprint density at radius 1 is 1.17 bits per heavy atom. The molecule has 0 saturated carbocycles. The van der Waals surface area contributed by atoms with Crippen LogP contribution in [-0.4, -0.2) is 0 Å². The van der Waals surface area contributed by atoms with Crippen molar-refractivity contribution in [2.24, 2.45) is 5.73 Å². The topological polar surface area (TPSA) is 35.2 Å². The molecule has 0 aliphatic carbocycles. The van der Waals surface area contributed by atoms with Crippen molar-refractivity contribution in [3.05, 3.63) is 57.8 Å². The van der Waals surface area contributed by atoms with Gasteiger partial charge < -0.3 is 10.5 Å². The van der Waals surface area contributed by atoms with Gasteiger partial charge in [-0.25, -0.2) is 4.39 Å². The Labute approximate surface area is 114 Å². The van der Waals surface area contributed by atoms with Crippen LogP contribution in [-0.2, 0) is 6.54 Å². The van der Waals surface area contributed by atoms with E-state index in [1.54, 1.807) is 6.07 Å². The van der Waals surface area contributed by atoms with Crippen LogP contribution < -0.4 is 10.5 Å². The lowest BCUT2D eigenvalue weighted by atomic mass is 10.2. The minimum absolute atomic E-state index is 0.285. The summed E-state index contributed by atoms with van der Waals surface area (Å²) in [5.41, 5.74) is 7.26. The Morgan fingerprint density at radius 2 is 1.94 bits per heavy atom. The normalized spacial score (nSPS) is 10.4. The monoisotopic (exact) mass is 309 g/mol. The van der Waals surface area contributed by atoms with Gasteiger partial charge in [0.15, 0.2) is 0 Å². The molecular weight excluding hydrogens is 297 g/mol. The third-order valence-electron chi connectivity index (χ3n) is 2.53. The van der Waals surface area contributed by atoms with E-state index in [9.17, 15) is 4.39 Å². The zero-order chi connectivity index (χ0) is 13.1.